The second-order valence-corrected chi connectivity index (χ2v) is 6.69. The lowest BCUT2D eigenvalue weighted by molar-refractivity contribution is 0.247. The molecule has 0 N–H and O–H groups in total. The van der Waals surface area contributed by atoms with Gasteiger partial charge >= 0.3 is 8.56 Å². The highest BCUT2D eigenvalue weighted by atomic mass is 28.4. The summed E-state index contributed by atoms with van der Waals surface area (Å²) in [5.41, 5.74) is 0. The van der Waals surface area contributed by atoms with Crippen LogP contribution < -0.4 is 0 Å². The van der Waals surface area contributed by atoms with Gasteiger partial charge in [-0.1, -0.05) is 0 Å². The van der Waals surface area contributed by atoms with E-state index in [1.54, 1.807) is 14.2 Å². The lowest BCUT2D eigenvalue weighted by atomic mass is 10.1. The van der Waals surface area contributed by atoms with Crippen molar-refractivity contribution >= 4 is 8.56 Å². The predicted octanol–water partition coefficient (Wildman–Crippen LogP) is 1.90. The van der Waals surface area contributed by atoms with E-state index in [0.29, 0.717) is 0 Å². The monoisotopic (exact) mass is 187 g/mol. The zero-order valence-electron chi connectivity index (χ0n) is 8.26. The fraction of sp³-hybridized carbons (Fsp3) is 0.875. The summed E-state index contributed by atoms with van der Waals surface area (Å²) in [5, 5.41) is 8.56. The van der Waals surface area contributed by atoms with Crippen LogP contribution in [0.15, 0.2) is 0 Å². The lowest BCUT2D eigenvalue weighted by Gasteiger charge is -2.22. The Kier molecular flexibility index (Phi) is 5.14. The molecule has 0 radical (unpaired) electrons. The molecule has 0 fully saturated rings. The number of hydrogen-bond donors (Lipinski definition) is 0. The first kappa shape index (κ1) is 11.6. The van der Waals surface area contributed by atoms with E-state index in [4.69, 9.17) is 14.1 Å². The summed E-state index contributed by atoms with van der Waals surface area (Å²) in [6.07, 6.45) is 0.862. The average molecular weight is 187 g/mol. The average Bonchev–Trinajstić information content (AvgIpc) is 2.13. The van der Waals surface area contributed by atoms with E-state index >= 15 is 0 Å². The minimum atomic E-state index is -1.93. The van der Waals surface area contributed by atoms with Gasteiger partial charge in [0, 0.05) is 20.1 Å². The third-order valence-electron chi connectivity index (χ3n) is 2.12. The Labute approximate surface area is 75.5 Å². The van der Waals surface area contributed by atoms with E-state index < -0.39 is 8.56 Å². The summed E-state index contributed by atoms with van der Waals surface area (Å²) in [6, 6.07) is 3.08. The molecule has 0 bridgehead atoms. The van der Waals surface area contributed by atoms with Crippen molar-refractivity contribution in [2.24, 2.45) is 5.92 Å². The Balaban J connectivity index is 3.82. The van der Waals surface area contributed by atoms with Crippen LogP contribution in [0.25, 0.3) is 0 Å². The van der Waals surface area contributed by atoms with Crippen molar-refractivity contribution in [3.05, 3.63) is 0 Å². The number of nitrogens with zero attached hydrogens (tertiary/aromatic N) is 1. The van der Waals surface area contributed by atoms with E-state index in [9.17, 15) is 0 Å². The Morgan fingerprint density at radius 1 is 1.42 bits per heavy atom. The van der Waals surface area contributed by atoms with Gasteiger partial charge in [0.15, 0.2) is 0 Å². The Hall–Kier alpha value is -0.373. The molecular formula is C8H17NO2Si. The molecule has 0 saturated carbocycles. The SMILES string of the molecule is CO[Si](C)(CCC(C)C#N)OC. The van der Waals surface area contributed by atoms with Crippen LogP contribution in [0.2, 0.25) is 12.6 Å². The van der Waals surface area contributed by atoms with Gasteiger partial charge in [0.1, 0.15) is 0 Å². The number of rotatable bonds is 5. The van der Waals surface area contributed by atoms with Gasteiger partial charge < -0.3 is 8.85 Å². The first-order valence-electron chi connectivity index (χ1n) is 4.08. The second kappa shape index (κ2) is 5.30. The summed E-state index contributed by atoms with van der Waals surface area (Å²) in [4.78, 5) is 0. The Bertz CT molecular complexity index is 163. The molecular weight excluding hydrogens is 170 g/mol. The summed E-state index contributed by atoms with van der Waals surface area (Å²) in [7, 11) is 1.42. The molecule has 1 unspecified atom stereocenters. The van der Waals surface area contributed by atoms with E-state index in [-0.39, 0.29) is 5.92 Å². The topological polar surface area (TPSA) is 42.2 Å². The van der Waals surface area contributed by atoms with Crippen molar-refractivity contribution in [2.45, 2.75) is 25.9 Å². The van der Waals surface area contributed by atoms with Crippen molar-refractivity contribution in [1.29, 1.82) is 5.26 Å². The number of nitriles is 1. The smallest absolute Gasteiger partial charge is 0.334 e. The first-order valence-corrected chi connectivity index (χ1v) is 6.60. The van der Waals surface area contributed by atoms with E-state index in [1.165, 1.54) is 0 Å². The van der Waals surface area contributed by atoms with Crippen LogP contribution in [-0.4, -0.2) is 22.8 Å². The maximum absolute atomic E-state index is 8.56. The molecule has 0 aliphatic carbocycles. The van der Waals surface area contributed by atoms with Crippen LogP contribution in [0.4, 0.5) is 0 Å². The summed E-state index contributed by atoms with van der Waals surface area (Å²) < 4.78 is 10.6. The van der Waals surface area contributed by atoms with Crippen molar-refractivity contribution < 1.29 is 8.85 Å². The van der Waals surface area contributed by atoms with Crippen LogP contribution >= 0.6 is 0 Å². The molecule has 0 aliphatic rings. The molecule has 1 atom stereocenters. The van der Waals surface area contributed by atoms with Gasteiger partial charge in [0.2, 0.25) is 0 Å². The zero-order valence-corrected chi connectivity index (χ0v) is 9.26. The Morgan fingerprint density at radius 3 is 2.25 bits per heavy atom. The van der Waals surface area contributed by atoms with Gasteiger partial charge in [-0.25, -0.2) is 0 Å². The van der Waals surface area contributed by atoms with Crippen LogP contribution in [0, 0.1) is 17.2 Å². The minimum absolute atomic E-state index is 0.0992. The highest BCUT2D eigenvalue weighted by Crippen LogP contribution is 2.17. The maximum atomic E-state index is 8.56. The molecule has 0 aromatic carbocycles. The third-order valence-corrected chi connectivity index (χ3v) is 5.04. The van der Waals surface area contributed by atoms with Crippen LogP contribution in [-0.2, 0) is 8.85 Å². The zero-order chi connectivity index (χ0) is 9.61. The first-order chi connectivity index (χ1) is 5.58. The van der Waals surface area contributed by atoms with Gasteiger partial charge in [0.25, 0.3) is 0 Å². The molecule has 0 heterocycles. The van der Waals surface area contributed by atoms with E-state index in [0.717, 1.165) is 12.5 Å². The molecule has 0 aromatic rings. The summed E-state index contributed by atoms with van der Waals surface area (Å²) in [5.74, 6) is 0.0992. The van der Waals surface area contributed by atoms with Crippen molar-refractivity contribution in [2.75, 3.05) is 14.2 Å². The molecule has 0 rings (SSSR count). The lowest BCUT2D eigenvalue weighted by Crippen LogP contribution is -2.36. The van der Waals surface area contributed by atoms with Gasteiger partial charge in [0.05, 0.1) is 6.07 Å². The van der Waals surface area contributed by atoms with Gasteiger partial charge in [-0.3, -0.25) is 0 Å². The Morgan fingerprint density at radius 2 is 1.92 bits per heavy atom. The quantitative estimate of drug-likeness (QED) is 0.617. The molecule has 0 aromatic heterocycles. The standard InChI is InChI=1S/C8H17NO2Si/c1-8(7-9)5-6-12(4,10-2)11-3/h8H,5-6H2,1-4H3. The van der Waals surface area contributed by atoms with E-state index in [1.807, 2.05) is 13.5 Å². The largest absolute Gasteiger partial charge is 0.398 e. The van der Waals surface area contributed by atoms with E-state index in [2.05, 4.69) is 6.07 Å². The molecule has 0 spiro atoms. The molecule has 0 saturated heterocycles. The highest BCUT2D eigenvalue weighted by molar-refractivity contribution is 6.65. The van der Waals surface area contributed by atoms with Gasteiger partial charge in [-0.15, -0.1) is 0 Å². The minimum Gasteiger partial charge on any atom is -0.398 e. The van der Waals surface area contributed by atoms with Crippen molar-refractivity contribution in [1.82, 2.24) is 0 Å². The van der Waals surface area contributed by atoms with Crippen LogP contribution in [0.5, 0.6) is 0 Å². The molecule has 12 heavy (non-hydrogen) atoms. The van der Waals surface area contributed by atoms with Crippen molar-refractivity contribution in [3.8, 4) is 6.07 Å². The predicted molar refractivity (Wildman–Crippen MR) is 49.8 cm³/mol. The fourth-order valence-electron chi connectivity index (χ4n) is 0.831. The molecule has 4 heteroatoms. The molecule has 0 amide bonds. The number of hydrogen-bond acceptors (Lipinski definition) is 3. The third kappa shape index (κ3) is 3.86. The summed E-state index contributed by atoms with van der Waals surface area (Å²) >= 11 is 0. The highest BCUT2D eigenvalue weighted by Gasteiger charge is 2.28. The molecule has 0 aliphatic heterocycles. The van der Waals surface area contributed by atoms with Gasteiger partial charge in [-0.05, 0) is 25.9 Å². The summed E-state index contributed by atoms with van der Waals surface area (Å²) in [6.45, 7) is 3.93. The van der Waals surface area contributed by atoms with Crippen LogP contribution in [0.3, 0.4) is 0 Å². The fourth-order valence-corrected chi connectivity index (χ4v) is 2.36. The van der Waals surface area contributed by atoms with Crippen LogP contribution in [0.1, 0.15) is 13.3 Å². The van der Waals surface area contributed by atoms with Crippen molar-refractivity contribution in [3.63, 3.8) is 0 Å². The second-order valence-electron chi connectivity index (χ2n) is 3.11. The normalized spacial score (nSPS) is 13.9. The molecule has 3 nitrogen and oxygen atoms in total. The maximum Gasteiger partial charge on any atom is 0.334 e. The van der Waals surface area contributed by atoms with Gasteiger partial charge in [-0.2, -0.15) is 5.26 Å². The molecule has 70 valence electrons.